The van der Waals surface area contributed by atoms with Gasteiger partial charge >= 0.3 is 6.03 Å². The number of nitrogens with two attached hydrogens (primary N) is 1. The molecular weight excluding hydrogens is 550 g/mol. The molecule has 12 heteroatoms. The van der Waals surface area contributed by atoms with Crippen molar-refractivity contribution in [2.45, 2.75) is 70.7 Å². The Hall–Kier alpha value is -3.73. The minimum absolute atomic E-state index is 0.0861. The number of primary amides is 1. The molecule has 0 spiro atoms. The van der Waals surface area contributed by atoms with E-state index >= 15 is 0 Å². The first-order valence-corrected chi connectivity index (χ1v) is 14.4. The van der Waals surface area contributed by atoms with Crippen LogP contribution in [0.4, 0.5) is 10.5 Å². The summed E-state index contributed by atoms with van der Waals surface area (Å²) < 4.78 is 0. The molecule has 0 radical (unpaired) electrons. The summed E-state index contributed by atoms with van der Waals surface area (Å²) in [5, 5.41) is 8.14. The van der Waals surface area contributed by atoms with E-state index < -0.39 is 18.0 Å². The summed E-state index contributed by atoms with van der Waals surface area (Å²) in [5.41, 5.74) is 6.59. The Balaban J connectivity index is 1.92. The van der Waals surface area contributed by atoms with Gasteiger partial charge in [0.1, 0.15) is 0 Å². The molecule has 1 heterocycles. The molecule has 1 aromatic rings. The van der Waals surface area contributed by atoms with Gasteiger partial charge in [-0.2, -0.15) is 0 Å². The molecule has 6 amide bonds. The van der Waals surface area contributed by atoms with Crippen molar-refractivity contribution in [2.24, 2.45) is 17.6 Å². The molecule has 41 heavy (non-hydrogen) atoms. The molecule has 0 aromatic heterocycles. The predicted molar refractivity (Wildman–Crippen MR) is 156 cm³/mol. The Morgan fingerprint density at radius 3 is 2.20 bits per heavy atom. The van der Waals surface area contributed by atoms with Crippen LogP contribution in [-0.4, -0.2) is 59.5 Å². The van der Waals surface area contributed by atoms with Crippen molar-refractivity contribution in [2.75, 3.05) is 18.4 Å². The molecule has 0 unspecified atom stereocenters. The number of unbranched alkanes of at least 4 members (excludes halogenated alkanes) is 2. The number of hydrogen-bond donors (Lipinski definition) is 4. The number of carbonyl (C=O) groups excluding carboxylic acids is 6. The monoisotopic (exact) mass is 589 g/mol. The number of hydrogen-bond acceptors (Lipinski definition) is 6. The first-order chi connectivity index (χ1) is 19.5. The van der Waals surface area contributed by atoms with Gasteiger partial charge in [-0.05, 0) is 49.3 Å². The zero-order valence-electron chi connectivity index (χ0n) is 23.6. The van der Waals surface area contributed by atoms with Gasteiger partial charge in [0.2, 0.25) is 11.8 Å². The molecule has 224 valence electrons. The highest BCUT2D eigenvalue weighted by Gasteiger charge is 2.29. The van der Waals surface area contributed by atoms with E-state index in [4.69, 9.17) is 17.3 Å². The molecule has 2 rings (SSSR count). The van der Waals surface area contributed by atoms with Crippen molar-refractivity contribution in [1.29, 1.82) is 0 Å². The molecule has 1 aliphatic heterocycles. The van der Waals surface area contributed by atoms with Crippen molar-refractivity contribution in [1.82, 2.24) is 15.5 Å². The van der Waals surface area contributed by atoms with Gasteiger partial charge in [-0.1, -0.05) is 32.4 Å². The van der Waals surface area contributed by atoms with E-state index in [1.54, 1.807) is 24.3 Å². The average molecular weight is 590 g/mol. The Labute approximate surface area is 245 Å². The number of benzene rings is 1. The fourth-order valence-electron chi connectivity index (χ4n) is 4.43. The molecule has 5 N–H and O–H groups in total. The molecule has 1 aromatic carbocycles. The highest BCUT2D eigenvalue weighted by atomic mass is 35.5. The van der Waals surface area contributed by atoms with Crippen LogP contribution in [0.5, 0.6) is 0 Å². The molecule has 2 atom stereocenters. The largest absolute Gasteiger partial charge is 0.352 e. The maximum atomic E-state index is 13.3. The van der Waals surface area contributed by atoms with Crippen LogP contribution in [0.1, 0.15) is 64.4 Å². The Kier molecular flexibility index (Phi) is 14.0. The van der Waals surface area contributed by atoms with E-state index in [0.717, 1.165) is 5.56 Å². The SMILES string of the molecule is CC(C)[C@H](NC(=O)CCCCCN1C(=O)C=CC1=O)C(=O)C[C@@H](CCCNC(N)=O)C(=O)Nc1ccc(CCl)cc1. The summed E-state index contributed by atoms with van der Waals surface area (Å²) in [4.78, 5) is 74.5. The number of ketones is 1. The van der Waals surface area contributed by atoms with Crippen LogP contribution in [0.15, 0.2) is 36.4 Å². The number of imide groups is 1. The van der Waals surface area contributed by atoms with Crippen molar-refractivity contribution in [3.05, 3.63) is 42.0 Å². The van der Waals surface area contributed by atoms with Crippen LogP contribution in [0, 0.1) is 11.8 Å². The highest BCUT2D eigenvalue weighted by Crippen LogP contribution is 2.20. The van der Waals surface area contributed by atoms with Crippen LogP contribution in [-0.2, 0) is 29.9 Å². The number of nitrogens with one attached hydrogen (secondary N) is 3. The predicted octanol–water partition coefficient (Wildman–Crippen LogP) is 3.01. The van der Waals surface area contributed by atoms with Gasteiger partial charge < -0.3 is 21.7 Å². The molecule has 0 bridgehead atoms. The van der Waals surface area contributed by atoms with Gasteiger partial charge in [0.05, 0.1) is 6.04 Å². The minimum Gasteiger partial charge on any atom is -0.352 e. The Morgan fingerprint density at radius 2 is 1.61 bits per heavy atom. The number of nitrogens with zero attached hydrogens (tertiary/aromatic N) is 1. The molecule has 0 aliphatic carbocycles. The number of carbonyl (C=O) groups is 6. The van der Waals surface area contributed by atoms with Gasteiger partial charge in [-0.15, -0.1) is 11.6 Å². The van der Waals surface area contributed by atoms with Gasteiger partial charge in [0, 0.05) is 55.6 Å². The zero-order valence-corrected chi connectivity index (χ0v) is 24.4. The van der Waals surface area contributed by atoms with Crippen LogP contribution < -0.4 is 21.7 Å². The lowest BCUT2D eigenvalue weighted by atomic mass is 9.89. The van der Waals surface area contributed by atoms with Crippen molar-refractivity contribution in [3.63, 3.8) is 0 Å². The number of anilines is 1. The normalized spacial score (nSPS) is 14.2. The molecule has 1 aliphatic rings. The van der Waals surface area contributed by atoms with E-state index in [2.05, 4.69) is 16.0 Å². The van der Waals surface area contributed by atoms with Crippen LogP contribution >= 0.6 is 11.6 Å². The van der Waals surface area contributed by atoms with E-state index in [1.807, 2.05) is 13.8 Å². The average Bonchev–Trinajstić information content (AvgIpc) is 3.25. The summed E-state index contributed by atoms with van der Waals surface area (Å²) in [6, 6.07) is 5.63. The number of urea groups is 1. The standard InChI is InChI=1S/C29H40ClN5O6/c1-19(2)27(34-24(37)8-4-3-5-16-35-25(38)13-14-26(35)39)23(36)17-21(7-6-15-32-29(31)41)28(40)33-22-11-9-20(18-30)10-12-22/h9-14,19,21,27H,3-8,15-18H2,1-2H3,(H,33,40)(H,34,37)(H3,31,32,41)/t21-,27+/m1/s1. The number of amides is 6. The van der Waals surface area contributed by atoms with Gasteiger partial charge in [-0.25, -0.2) is 4.79 Å². The van der Waals surface area contributed by atoms with Crippen molar-refractivity contribution >= 4 is 52.7 Å². The molecular formula is C29H40ClN5O6. The Morgan fingerprint density at radius 1 is 0.951 bits per heavy atom. The third-order valence-corrected chi connectivity index (χ3v) is 7.05. The minimum atomic E-state index is -0.768. The maximum Gasteiger partial charge on any atom is 0.312 e. The third kappa shape index (κ3) is 11.7. The van der Waals surface area contributed by atoms with E-state index in [9.17, 15) is 28.8 Å². The summed E-state index contributed by atoms with van der Waals surface area (Å²) in [7, 11) is 0. The smallest absolute Gasteiger partial charge is 0.312 e. The van der Waals surface area contributed by atoms with Crippen LogP contribution in [0.25, 0.3) is 0 Å². The molecule has 11 nitrogen and oxygen atoms in total. The van der Waals surface area contributed by atoms with Gasteiger partial charge in [-0.3, -0.25) is 28.9 Å². The van der Waals surface area contributed by atoms with E-state index in [1.165, 1.54) is 17.1 Å². The Bertz CT molecular complexity index is 1100. The summed E-state index contributed by atoms with van der Waals surface area (Å²) >= 11 is 5.83. The second-order valence-corrected chi connectivity index (χ2v) is 10.6. The topological polar surface area (TPSA) is 168 Å². The zero-order chi connectivity index (χ0) is 30.4. The maximum absolute atomic E-state index is 13.3. The third-order valence-electron chi connectivity index (χ3n) is 6.74. The van der Waals surface area contributed by atoms with Gasteiger partial charge in [0.15, 0.2) is 5.78 Å². The summed E-state index contributed by atoms with van der Waals surface area (Å²) in [6.45, 7) is 4.21. The van der Waals surface area contributed by atoms with Crippen molar-refractivity contribution in [3.8, 4) is 0 Å². The van der Waals surface area contributed by atoms with Gasteiger partial charge in [0.25, 0.3) is 11.8 Å². The number of halogens is 1. The summed E-state index contributed by atoms with van der Waals surface area (Å²) in [5.74, 6) is -2.07. The second kappa shape index (κ2) is 17.2. The molecule has 0 saturated heterocycles. The first kappa shape index (κ1) is 33.5. The lowest BCUT2D eigenvalue weighted by Crippen LogP contribution is -2.45. The van der Waals surface area contributed by atoms with Crippen molar-refractivity contribution < 1.29 is 28.8 Å². The highest BCUT2D eigenvalue weighted by molar-refractivity contribution is 6.17. The van der Waals surface area contributed by atoms with E-state index in [-0.39, 0.29) is 54.7 Å². The molecule has 0 fully saturated rings. The lowest BCUT2D eigenvalue weighted by Gasteiger charge is -2.24. The number of alkyl halides is 1. The molecule has 0 saturated carbocycles. The quantitative estimate of drug-likeness (QED) is 0.117. The van der Waals surface area contributed by atoms with E-state index in [0.29, 0.717) is 50.2 Å². The lowest BCUT2D eigenvalue weighted by molar-refractivity contribution is -0.137. The second-order valence-electron chi connectivity index (χ2n) is 10.4. The first-order valence-electron chi connectivity index (χ1n) is 13.9. The van der Waals surface area contributed by atoms with Crippen LogP contribution in [0.3, 0.4) is 0 Å². The van der Waals surface area contributed by atoms with Crippen LogP contribution in [0.2, 0.25) is 0 Å². The fourth-order valence-corrected chi connectivity index (χ4v) is 4.60. The number of rotatable bonds is 18. The summed E-state index contributed by atoms with van der Waals surface area (Å²) in [6.07, 6.45) is 5.10. The number of Topliss-reactive ketones (excluding diaryl/α,β-unsaturated/α-hetero) is 1. The fraction of sp³-hybridized carbons (Fsp3) is 0.517.